The molecule has 158 valence electrons. The lowest BCUT2D eigenvalue weighted by molar-refractivity contribution is -0.116. The number of ether oxygens (including phenoxy) is 1. The summed E-state index contributed by atoms with van der Waals surface area (Å²) < 4.78 is 25.3. The molecule has 0 fully saturated rings. The molecule has 0 aliphatic carbocycles. The van der Waals surface area contributed by atoms with Crippen molar-refractivity contribution >= 4 is 34.5 Å². The molecule has 0 saturated heterocycles. The number of oxazole rings is 1. The molecular weight excluding hydrogens is 393 g/mol. The van der Waals surface area contributed by atoms with E-state index in [4.69, 9.17) is 9.15 Å². The van der Waals surface area contributed by atoms with Crippen molar-refractivity contribution in [2.24, 2.45) is 0 Å². The summed E-state index contributed by atoms with van der Waals surface area (Å²) in [5.74, 6) is -1.62. The minimum absolute atomic E-state index is 0.0637. The van der Waals surface area contributed by atoms with Crippen LogP contribution in [0.25, 0.3) is 11.1 Å². The van der Waals surface area contributed by atoms with Crippen molar-refractivity contribution in [2.45, 2.75) is 39.3 Å². The van der Waals surface area contributed by atoms with E-state index in [9.17, 15) is 18.8 Å². The molecule has 2 amide bonds. The third-order valence-electron chi connectivity index (χ3n) is 4.03. The number of anilines is 2. The highest BCUT2D eigenvalue weighted by Crippen LogP contribution is 2.24. The Kier molecular flexibility index (Phi) is 5.91. The summed E-state index contributed by atoms with van der Waals surface area (Å²) in [6.45, 7) is 5.20. The van der Waals surface area contributed by atoms with Gasteiger partial charge in [-0.1, -0.05) is 12.1 Å². The third-order valence-corrected chi connectivity index (χ3v) is 4.03. The van der Waals surface area contributed by atoms with E-state index >= 15 is 0 Å². The molecule has 3 rings (SSSR count). The molecule has 3 aromatic rings. The van der Waals surface area contributed by atoms with Crippen LogP contribution in [0.15, 0.2) is 51.7 Å². The lowest BCUT2D eigenvalue weighted by Crippen LogP contribution is -2.27. The van der Waals surface area contributed by atoms with Crippen molar-refractivity contribution in [3.05, 3.63) is 58.8 Å². The largest absolute Gasteiger partial charge is 0.444 e. The number of nitrogens with one attached hydrogen (secondary N) is 2. The summed E-state index contributed by atoms with van der Waals surface area (Å²) in [7, 11) is 0. The molecule has 0 bridgehead atoms. The Bertz CT molecular complexity index is 1140. The summed E-state index contributed by atoms with van der Waals surface area (Å²) in [6, 6.07) is 10.4. The lowest BCUT2D eigenvalue weighted by Gasteiger charge is -2.20. The Morgan fingerprint density at radius 3 is 2.57 bits per heavy atom. The summed E-state index contributed by atoms with van der Waals surface area (Å²) in [5, 5.41) is 5.04. The number of aryl methyl sites for hydroxylation is 1. The normalized spacial score (nSPS) is 11.3. The highest BCUT2D eigenvalue weighted by atomic mass is 19.1. The first-order chi connectivity index (χ1) is 14.1. The van der Waals surface area contributed by atoms with Crippen LogP contribution >= 0.6 is 0 Å². The van der Waals surface area contributed by atoms with E-state index < -0.39 is 29.2 Å². The first-order valence-corrected chi connectivity index (χ1v) is 9.30. The molecule has 0 unspecified atom stereocenters. The predicted octanol–water partition coefficient (Wildman–Crippen LogP) is 4.11. The summed E-state index contributed by atoms with van der Waals surface area (Å²) in [6.07, 6.45) is -0.799. The number of benzene rings is 2. The van der Waals surface area contributed by atoms with Crippen LogP contribution in [0.2, 0.25) is 0 Å². The smallest absolute Gasteiger partial charge is 0.419 e. The number of nitrogens with zero attached hydrogens (tertiary/aromatic N) is 1. The number of fused-ring (bicyclic) bond motifs is 1. The number of amides is 2. The van der Waals surface area contributed by atoms with Crippen LogP contribution in [0.4, 0.5) is 20.6 Å². The van der Waals surface area contributed by atoms with Gasteiger partial charge in [0.2, 0.25) is 5.91 Å². The molecule has 0 atom stereocenters. The van der Waals surface area contributed by atoms with Gasteiger partial charge < -0.3 is 14.5 Å². The predicted molar refractivity (Wildman–Crippen MR) is 110 cm³/mol. The van der Waals surface area contributed by atoms with Gasteiger partial charge >= 0.3 is 11.8 Å². The van der Waals surface area contributed by atoms with E-state index in [-0.39, 0.29) is 24.3 Å². The molecule has 9 heteroatoms. The quantitative estimate of drug-likeness (QED) is 0.653. The van der Waals surface area contributed by atoms with E-state index in [2.05, 4.69) is 10.6 Å². The van der Waals surface area contributed by atoms with Gasteiger partial charge in [0, 0.05) is 13.0 Å². The topological polar surface area (TPSA) is 103 Å². The molecule has 2 N–H and O–H groups in total. The minimum Gasteiger partial charge on any atom is -0.444 e. The van der Waals surface area contributed by atoms with Gasteiger partial charge in [-0.3, -0.25) is 14.7 Å². The van der Waals surface area contributed by atoms with E-state index in [0.717, 1.165) is 12.1 Å². The third kappa shape index (κ3) is 5.25. The zero-order chi connectivity index (χ0) is 21.9. The van der Waals surface area contributed by atoms with Crippen molar-refractivity contribution in [2.75, 3.05) is 10.6 Å². The van der Waals surface area contributed by atoms with Crippen LogP contribution in [0, 0.1) is 5.82 Å². The fraction of sp³-hybridized carbons (Fsp3) is 0.286. The van der Waals surface area contributed by atoms with Crippen molar-refractivity contribution < 1.29 is 23.1 Å². The Hall–Kier alpha value is -3.62. The number of hydrogen-bond acceptors (Lipinski definition) is 5. The van der Waals surface area contributed by atoms with Crippen LogP contribution in [-0.2, 0) is 16.1 Å². The summed E-state index contributed by atoms with van der Waals surface area (Å²) in [4.78, 5) is 36.4. The van der Waals surface area contributed by atoms with E-state index in [1.54, 1.807) is 45.0 Å². The van der Waals surface area contributed by atoms with Gasteiger partial charge in [0.25, 0.3) is 0 Å². The van der Waals surface area contributed by atoms with Crippen LogP contribution < -0.4 is 16.4 Å². The number of rotatable bonds is 5. The van der Waals surface area contributed by atoms with Gasteiger partial charge in [-0.15, -0.1) is 0 Å². The van der Waals surface area contributed by atoms with Gasteiger partial charge in [-0.2, -0.15) is 0 Å². The van der Waals surface area contributed by atoms with Crippen molar-refractivity contribution in [3.8, 4) is 0 Å². The van der Waals surface area contributed by atoms with Crippen molar-refractivity contribution in [3.63, 3.8) is 0 Å². The van der Waals surface area contributed by atoms with Crippen LogP contribution in [-0.4, -0.2) is 22.2 Å². The highest BCUT2D eigenvalue weighted by Gasteiger charge is 2.18. The minimum atomic E-state index is -0.735. The van der Waals surface area contributed by atoms with E-state index in [0.29, 0.717) is 11.1 Å². The fourth-order valence-electron chi connectivity index (χ4n) is 2.79. The number of para-hydroxylation sites is 2. The first-order valence-electron chi connectivity index (χ1n) is 9.30. The molecular formula is C21H22FN3O5. The van der Waals surface area contributed by atoms with Gasteiger partial charge in [-0.25, -0.2) is 14.0 Å². The van der Waals surface area contributed by atoms with Crippen LogP contribution in [0.5, 0.6) is 0 Å². The number of carbonyl (C=O) groups is 2. The van der Waals surface area contributed by atoms with Crippen molar-refractivity contribution in [1.29, 1.82) is 0 Å². The highest BCUT2D eigenvalue weighted by molar-refractivity contribution is 5.97. The maximum Gasteiger partial charge on any atom is 0.419 e. The molecule has 0 radical (unpaired) electrons. The van der Waals surface area contributed by atoms with Crippen molar-refractivity contribution in [1.82, 2.24) is 4.57 Å². The SMILES string of the molecule is CC(C)(C)OC(=O)Nc1ccc(F)cc1NC(=O)CCn1c(=O)oc2ccccc21. The average Bonchev–Trinajstić information content (AvgIpc) is 2.96. The maximum atomic E-state index is 13.7. The first kappa shape index (κ1) is 21.1. The van der Waals surface area contributed by atoms with Crippen LogP contribution in [0.1, 0.15) is 27.2 Å². The van der Waals surface area contributed by atoms with E-state index in [1.165, 1.54) is 10.6 Å². The average molecular weight is 415 g/mol. The monoisotopic (exact) mass is 415 g/mol. The zero-order valence-corrected chi connectivity index (χ0v) is 16.8. The molecule has 0 aliphatic heterocycles. The second-order valence-corrected chi connectivity index (χ2v) is 7.60. The molecule has 0 spiro atoms. The standard InChI is InChI=1S/C21H22FN3O5/c1-21(2,3)30-19(27)24-14-9-8-13(22)12-15(14)23-18(26)10-11-25-16-6-4-5-7-17(16)29-20(25)28/h4-9,12H,10-11H2,1-3H3,(H,23,26)(H,24,27). The second kappa shape index (κ2) is 8.40. The number of carbonyl (C=O) groups excluding carboxylic acids is 2. The second-order valence-electron chi connectivity index (χ2n) is 7.60. The molecule has 30 heavy (non-hydrogen) atoms. The fourth-order valence-corrected chi connectivity index (χ4v) is 2.79. The molecule has 0 aliphatic rings. The lowest BCUT2D eigenvalue weighted by atomic mass is 10.2. The Labute approximate surface area is 171 Å². The zero-order valence-electron chi connectivity index (χ0n) is 16.8. The number of halogens is 1. The molecule has 1 heterocycles. The summed E-state index contributed by atoms with van der Waals surface area (Å²) in [5.41, 5.74) is 0.555. The number of aromatic nitrogens is 1. The van der Waals surface area contributed by atoms with Gasteiger partial charge in [0.15, 0.2) is 5.58 Å². The Morgan fingerprint density at radius 1 is 1.10 bits per heavy atom. The molecule has 1 aromatic heterocycles. The molecule has 2 aromatic carbocycles. The maximum absolute atomic E-state index is 13.7. The van der Waals surface area contributed by atoms with Crippen LogP contribution in [0.3, 0.4) is 0 Å². The summed E-state index contributed by atoms with van der Waals surface area (Å²) >= 11 is 0. The van der Waals surface area contributed by atoms with Gasteiger partial charge in [0.1, 0.15) is 11.4 Å². The Morgan fingerprint density at radius 2 is 1.83 bits per heavy atom. The van der Waals surface area contributed by atoms with Gasteiger partial charge in [0.05, 0.1) is 16.9 Å². The van der Waals surface area contributed by atoms with Gasteiger partial charge in [-0.05, 0) is 51.1 Å². The molecule has 8 nitrogen and oxygen atoms in total. The Balaban J connectivity index is 1.70. The number of hydrogen-bond donors (Lipinski definition) is 2. The van der Waals surface area contributed by atoms with E-state index in [1.807, 2.05) is 0 Å². The molecule has 0 saturated carbocycles.